The van der Waals surface area contributed by atoms with Gasteiger partial charge < -0.3 is 15.6 Å². The lowest BCUT2D eigenvalue weighted by atomic mass is 9.87. The fourth-order valence-corrected chi connectivity index (χ4v) is 2.19. The number of ether oxygens (including phenoxy) is 1. The number of carbonyl (C=O) groups is 1. The molecule has 0 fully saturated rings. The van der Waals surface area contributed by atoms with Crippen LogP contribution in [0.1, 0.15) is 35.2 Å². The fourth-order valence-electron chi connectivity index (χ4n) is 2.19. The molecule has 1 aromatic rings. The van der Waals surface area contributed by atoms with Gasteiger partial charge in [0.1, 0.15) is 5.75 Å². The number of benzene rings is 1. The lowest BCUT2D eigenvalue weighted by Gasteiger charge is -2.23. The zero-order valence-corrected chi connectivity index (χ0v) is 11.6. The minimum atomic E-state index is -0.880. The summed E-state index contributed by atoms with van der Waals surface area (Å²) in [6, 6.07) is 1.40. The zero-order valence-electron chi connectivity index (χ0n) is 11.6. The van der Waals surface area contributed by atoms with Crippen molar-refractivity contribution < 1.29 is 14.6 Å². The van der Waals surface area contributed by atoms with Gasteiger partial charge in [-0.15, -0.1) is 0 Å². The van der Waals surface area contributed by atoms with Crippen LogP contribution in [0.15, 0.2) is 6.07 Å². The molecule has 0 aliphatic rings. The second kappa shape index (κ2) is 5.40. The predicted octanol–water partition coefficient (Wildman–Crippen LogP) is 2.34. The van der Waals surface area contributed by atoms with E-state index in [0.29, 0.717) is 0 Å². The van der Waals surface area contributed by atoms with Crippen LogP contribution in [-0.4, -0.2) is 18.2 Å². The Hall–Kier alpha value is -1.55. The highest BCUT2D eigenvalue weighted by molar-refractivity contribution is 5.71. The molecule has 2 unspecified atom stereocenters. The van der Waals surface area contributed by atoms with Crippen molar-refractivity contribution in [3.05, 3.63) is 28.3 Å². The largest absolute Gasteiger partial charge is 0.496 e. The standard InChI is InChI=1S/C14H21NO3/c1-7-6-11(18-5)8(2)9(3)12(7)13(15)10(4)14(16)17/h6,10,13H,15H2,1-5H3,(H,16,17). The van der Waals surface area contributed by atoms with E-state index in [9.17, 15) is 4.79 Å². The Morgan fingerprint density at radius 3 is 2.33 bits per heavy atom. The van der Waals surface area contributed by atoms with Crippen molar-refractivity contribution in [3.8, 4) is 5.75 Å². The lowest BCUT2D eigenvalue weighted by molar-refractivity contribution is -0.141. The third-order valence-corrected chi connectivity index (χ3v) is 3.59. The molecule has 0 saturated carbocycles. The number of aryl methyl sites for hydroxylation is 1. The van der Waals surface area contributed by atoms with Gasteiger partial charge >= 0.3 is 5.97 Å². The van der Waals surface area contributed by atoms with Gasteiger partial charge in [0.25, 0.3) is 0 Å². The predicted molar refractivity (Wildman–Crippen MR) is 70.9 cm³/mol. The summed E-state index contributed by atoms with van der Waals surface area (Å²) in [7, 11) is 1.63. The van der Waals surface area contributed by atoms with Crippen molar-refractivity contribution in [2.24, 2.45) is 11.7 Å². The summed E-state index contributed by atoms with van der Waals surface area (Å²) in [5.41, 5.74) is 9.97. The number of carboxylic acid groups (broad SMARTS) is 1. The summed E-state index contributed by atoms with van der Waals surface area (Å²) in [4.78, 5) is 11.0. The van der Waals surface area contributed by atoms with Crippen LogP contribution in [0.3, 0.4) is 0 Å². The molecule has 0 amide bonds. The number of methoxy groups -OCH3 is 1. The lowest BCUT2D eigenvalue weighted by Crippen LogP contribution is -2.27. The molecular weight excluding hydrogens is 230 g/mol. The molecule has 4 nitrogen and oxygen atoms in total. The quantitative estimate of drug-likeness (QED) is 0.861. The topological polar surface area (TPSA) is 72.5 Å². The minimum Gasteiger partial charge on any atom is -0.496 e. The molecule has 0 bridgehead atoms. The highest BCUT2D eigenvalue weighted by Crippen LogP contribution is 2.33. The first-order valence-corrected chi connectivity index (χ1v) is 5.94. The Labute approximate surface area is 108 Å². The maximum absolute atomic E-state index is 11.0. The summed E-state index contributed by atoms with van der Waals surface area (Å²) in [6.07, 6.45) is 0. The fraction of sp³-hybridized carbons (Fsp3) is 0.500. The molecule has 0 aliphatic carbocycles. The van der Waals surface area contributed by atoms with Crippen molar-refractivity contribution in [2.45, 2.75) is 33.7 Å². The molecule has 3 N–H and O–H groups in total. The average molecular weight is 251 g/mol. The molecule has 0 aliphatic heterocycles. The van der Waals surface area contributed by atoms with Crippen LogP contribution in [0.5, 0.6) is 5.75 Å². The van der Waals surface area contributed by atoms with Crippen molar-refractivity contribution in [1.82, 2.24) is 0 Å². The van der Waals surface area contributed by atoms with Gasteiger partial charge in [-0.05, 0) is 49.1 Å². The zero-order chi connectivity index (χ0) is 14.0. The van der Waals surface area contributed by atoms with E-state index in [1.807, 2.05) is 26.8 Å². The van der Waals surface area contributed by atoms with Crippen molar-refractivity contribution in [2.75, 3.05) is 7.11 Å². The van der Waals surface area contributed by atoms with Crippen LogP contribution in [0, 0.1) is 26.7 Å². The molecule has 0 saturated heterocycles. The second-order valence-electron chi connectivity index (χ2n) is 4.71. The number of hydrogen-bond acceptors (Lipinski definition) is 3. The third-order valence-electron chi connectivity index (χ3n) is 3.59. The van der Waals surface area contributed by atoms with E-state index in [4.69, 9.17) is 15.6 Å². The normalized spacial score (nSPS) is 14.1. The number of aliphatic carboxylic acids is 1. The molecule has 0 spiro atoms. The van der Waals surface area contributed by atoms with E-state index in [1.54, 1.807) is 14.0 Å². The molecule has 100 valence electrons. The highest BCUT2D eigenvalue weighted by atomic mass is 16.5. The Morgan fingerprint density at radius 1 is 1.33 bits per heavy atom. The van der Waals surface area contributed by atoms with Crippen LogP contribution in [0.2, 0.25) is 0 Å². The molecule has 4 heteroatoms. The van der Waals surface area contributed by atoms with Crippen molar-refractivity contribution in [1.29, 1.82) is 0 Å². The van der Waals surface area contributed by atoms with E-state index in [1.165, 1.54) is 0 Å². The molecule has 1 rings (SSSR count). The minimum absolute atomic E-state index is 0.507. The summed E-state index contributed by atoms with van der Waals surface area (Å²) in [6.45, 7) is 7.47. The average Bonchev–Trinajstić information content (AvgIpc) is 2.32. The van der Waals surface area contributed by atoms with E-state index >= 15 is 0 Å². The summed E-state index contributed by atoms with van der Waals surface area (Å²) >= 11 is 0. The van der Waals surface area contributed by atoms with Gasteiger partial charge in [-0.3, -0.25) is 4.79 Å². The number of nitrogens with two attached hydrogens (primary N) is 1. The van der Waals surface area contributed by atoms with Gasteiger partial charge in [0.2, 0.25) is 0 Å². The molecule has 18 heavy (non-hydrogen) atoms. The van der Waals surface area contributed by atoms with E-state index in [-0.39, 0.29) is 0 Å². The molecular formula is C14H21NO3. The van der Waals surface area contributed by atoms with E-state index in [2.05, 4.69) is 0 Å². The Morgan fingerprint density at radius 2 is 1.89 bits per heavy atom. The second-order valence-corrected chi connectivity index (χ2v) is 4.71. The van der Waals surface area contributed by atoms with Gasteiger partial charge in [-0.2, -0.15) is 0 Å². The first kappa shape index (κ1) is 14.5. The molecule has 2 atom stereocenters. The molecule has 0 heterocycles. The monoisotopic (exact) mass is 251 g/mol. The summed E-state index contributed by atoms with van der Waals surface area (Å²) in [5.74, 6) is -0.686. The van der Waals surface area contributed by atoms with Gasteiger partial charge in [-0.1, -0.05) is 6.92 Å². The van der Waals surface area contributed by atoms with E-state index in [0.717, 1.165) is 28.0 Å². The van der Waals surface area contributed by atoms with Crippen molar-refractivity contribution in [3.63, 3.8) is 0 Å². The maximum Gasteiger partial charge on any atom is 0.308 e. The van der Waals surface area contributed by atoms with Crippen LogP contribution < -0.4 is 10.5 Å². The summed E-state index contributed by atoms with van der Waals surface area (Å²) < 4.78 is 5.29. The maximum atomic E-state index is 11.0. The van der Waals surface area contributed by atoms with Gasteiger partial charge in [0.15, 0.2) is 0 Å². The summed E-state index contributed by atoms with van der Waals surface area (Å²) in [5, 5.41) is 9.06. The number of carboxylic acids is 1. The molecule has 0 radical (unpaired) electrons. The van der Waals surface area contributed by atoms with Crippen molar-refractivity contribution >= 4 is 5.97 Å². The van der Waals surface area contributed by atoms with E-state index < -0.39 is 17.9 Å². The Balaban J connectivity index is 3.33. The van der Waals surface area contributed by atoms with Gasteiger partial charge in [-0.25, -0.2) is 0 Å². The number of hydrogen-bond donors (Lipinski definition) is 2. The van der Waals surface area contributed by atoms with Crippen LogP contribution in [0.25, 0.3) is 0 Å². The Bertz CT molecular complexity index is 469. The molecule has 1 aromatic carbocycles. The van der Waals surface area contributed by atoms with Crippen LogP contribution >= 0.6 is 0 Å². The van der Waals surface area contributed by atoms with Gasteiger partial charge in [0.05, 0.1) is 13.0 Å². The van der Waals surface area contributed by atoms with Crippen LogP contribution in [-0.2, 0) is 4.79 Å². The third kappa shape index (κ3) is 2.48. The Kier molecular flexibility index (Phi) is 4.35. The SMILES string of the molecule is COc1cc(C)c(C(N)C(C)C(=O)O)c(C)c1C. The molecule has 0 aromatic heterocycles. The first-order chi connectivity index (χ1) is 8.31. The number of rotatable bonds is 4. The highest BCUT2D eigenvalue weighted by Gasteiger charge is 2.25. The van der Waals surface area contributed by atoms with Crippen LogP contribution in [0.4, 0.5) is 0 Å². The smallest absolute Gasteiger partial charge is 0.308 e. The first-order valence-electron chi connectivity index (χ1n) is 5.94. The van der Waals surface area contributed by atoms with Gasteiger partial charge in [0, 0.05) is 6.04 Å².